The van der Waals surface area contributed by atoms with E-state index in [1.807, 2.05) is 18.2 Å². The molecule has 1 heterocycles. The summed E-state index contributed by atoms with van der Waals surface area (Å²) in [5.74, 6) is -0.174. The third kappa shape index (κ3) is 4.68. The predicted octanol–water partition coefficient (Wildman–Crippen LogP) is 2.81. The lowest BCUT2D eigenvalue weighted by atomic mass is 10.1. The van der Waals surface area contributed by atoms with Crippen molar-refractivity contribution in [3.8, 4) is 6.07 Å². The van der Waals surface area contributed by atoms with Crippen molar-refractivity contribution < 1.29 is 9.72 Å². The fraction of sp³-hybridized carbons (Fsp3) is 0.300. The van der Waals surface area contributed by atoms with Gasteiger partial charge in [-0.2, -0.15) is 5.26 Å². The molecule has 1 aliphatic rings. The van der Waals surface area contributed by atoms with Crippen LogP contribution < -0.4 is 0 Å². The molecule has 0 aliphatic carbocycles. The smallest absolute Gasteiger partial charge is 0.270 e. The number of hydrogen-bond donors (Lipinski definition) is 0. The molecule has 0 N–H and O–H groups in total. The summed E-state index contributed by atoms with van der Waals surface area (Å²) < 4.78 is 0. The molecule has 0 spiro atoms. The molecular formula is C20H20N4O3. The average Bonchev–Trinajstić information content (AvgIpc) is 2.93. The van der Waals surface area contributed by atoms with Crippen LogP contribution in [0.4, 0.5) is 5.69 Å². The van der Waals surface area contributed by atoms with E-state index in [2.05, 4.69) is 11.0 Å². The third-order valence-electron chi connectivity index (χ3n) is 4.64. The molecule has 2 aromatic rings. The van der Waals surface area contributed by atoms with Gasteiger partial charge in [-0.25, -0.2) is 0 Å². The zero-order chi connectivity index (χ0) is 19.2. The Labute approximate surface area is 157 Å². The minimum atomic E-state index is -0.490. The van der Waals surface area contributed by atoms with Gasteiger partial charge in [0.25, 0.3) is 11.6 Å². The number of nitro groups is 1. The molecule has 0 atom stereocenters. The Hall–Kier alpha value is -3.24. The summed E-state index contributed by atoms with van der Waals surface area (Å²) in [7, 11) is 0. The van der Waals surface area contributed by atoms with Crippen molar-refractivity contribution in [2.75, 3.05) is 26.2 Å². The van der Waals surface area contributed by atoms with Crippen molar-refractivity contribution >= 4 is 11.6 Å². The van der Waals surface area contributed by atoms with Gasteiger partial charge in [0.05, 0.1) is 16.6 Å². The molecule has 0 aromatic heterocycles. The molecule has 138 valence electrons. The van der Waals surface area contributed by atoms with Crippen LogP contribution in [0.5, 0.6) is 0 Å². The van der Waals surface area contributed by atoms with Crippen LogP contribution in [0.3, 0.4) is 0 Å². The number of carbonyl (C=O) groups excluding carboxylic acids is 1. The van der Waals surface area contributed by atoms with Gasteiger partial charge in [0.15, 0.2) is 0 Å². The number of nitro benzene ring substituents is 1. The van der Waals surface area contributed by atoms with E-state index in [0.717, 1.165) is 31.6 Å². The monoisotopic (exact) mass is 364 g/mol. The normalized spacial score (nSPS) is 15.0. The van der Waals surface area contributed by atoms with Crippen LogP contribution in [0.25, 0.3) is 0 Å². The minimum absolute atomic E-state index is 0.0744. The first-order valence-corrected chi connectivity index (χ1v) is 8.82. The first-order chi connectivity index (χ1) is 13.1. The van der Waals surface area contributed by atoms with E-state index in [1.54, 1.807) is 17.0 Å². The molecule has 1 fully saturated rings. The van der Waals surface area contributed by atoms with E-state index in [1.165, 1.54) is 18.2 Å². The second-order valence-electron chi connectivity index (χ2n) is 6.54. The predicted molar refractivity (Wildman–Crippen MR) is 100 cm³/mol. The van der Waals surface area contributed by atoms with Gasteiger partial charge in [0, 0.05) is 50.4 Å². The first-order valence-electron chi connectivity index (χ1n) is 8.82. The van der Waals surface area contributed by atoms with Crippen molar-refractivity contribution in [3.63, 3.8) is 0 Å². The van der Waals surface area contributed by atoms with E-state index in [0.29, 0.717) is 24.2 Å². The van der Waals surface area contributed by atoms with E-state index in [-0.39, 0.29) is 11.6 Å². The average molecular weight is 364 g/mol. The number of hydrogen-bond acceptors (Lipinski definition) is 5. The number of nitriles is 1. The highest BCUT2D eigenvalue weighted by atomic mass is 16.6. The van der Waals surface area contributed by atoms with Gasteiger partial charge in [0.2, 0.25) is 0 Å². The molecule has 1 amide bonds. The highest BCUT2D eigenvalue weighted by molar-refractivity contribution is 5.94. The third-order valence-corrected chi connectivity index (χ3v) is 4.64. The summed E-state index contributed by atoms with van der Waals surface area (Å²) in [4.78, 5) is 27.2. The molecule has 2 aromatic carbocycles. The number of nitrogens with zero attached hydrogens (tertiary/aromatic N) is 4. The van der Waals surface area contributed by atoms with Gasteiger partial charge in [0.1, 0.15) is 0 Å². The van der Waals surface area contributed by atoms with Gasteiger partial charge in [-0.15, -0.1) is 0 Å². The summed E-state index contributed by atoms with van der Waals surface area (Å²) in [6, 6.07) is 15.6. The summed E-state index contributed by atoms with van der Waals surface area (Å²) >= 11 is 0. The topological polar surface area (TPSA) is 90.5 Å². The molecule has 7 heteroatoms. The number of benzene rings is 2. The Kier molecular flexibility index (Phi) is 5.79. The fourth-order valence-corrected chi connectivity index (χ4v) is 3.26. The lowest BCUT2D eigenvalue weighted by Crippen LogP contribution is -2.35. The molecule has 3 rings (SSSR count). The highest BCUT2D eigenvalue weighted by Gasteiger charge is 2.21. The Bertz CT molecular complexity index is 891. The number of non-ortho nitro benzene ring substituents is 1. The Morgan fingerprint density at radius 3 is 2.70 bits per heavy atom. The zero-order valence-corrected chi connectivity index (χ0v) is 14.9. The SMILES string of the molecule is N#Cc1cccc(CN2CCCN(C(=O)c3cccc([N+](=O)[O-])c3)CC2)c1. The number of carbonyl (C=O) groups is 1. The summed E-state index contributed by atoms with van der Waals surface area (Å²) in [5, 5.41) is 19.9. The van der Waals surface area contributed by atoms with E-state index in [4.69, 9.17) is 5.26 Å². The van der Waals surface area contributed by atoms with Crippen molar-refractivity contribution in [1.82, 2.24) is 9.80 Å². The van der Waals surface area contributed by atoms with Crippen LogP contribution in [0.2, 0.25) is 0 Å². The fourth-order valence-electron chi connectivity index (χ4n) is 3.26. The highest BCUT2D eigenvalue weighted by Crippen LogP contribution is 2.17. The van der Waals surface area contributed by atoms with Crippen molar-refractivity contribution in [2.45, 2.75) is 13.0 Å². The quantitative estimate of drug-likeness (QED) is 0.615. The molecule has 1 aliphatic heterocycles. The van der Waals surface area contributed by atoms with Gasteiger partial charge < -0.3 is 4.90 Å². The van der Waals surface area contributed by atoms with E-state index >= 15 is 0 Å². The zero-order valence-electron chi connectivity index (χ0n) is 14.9. The van der Waals surface area contributed by atoms with Crippen molar-refractivity contribution in [1.29, 1.82) is 5.26 Å². The molecule has 0 radical (unpaired) electrons. The molecule has 1 saturated heterocycles. The van der Waals surface area contributed by atoms with Crippen LogP contribution in [0, 0.1) is 21.4 Å². The maximum Gasteiger partial charge on any atom is 0.270 e. The number of rotatable bonds is 4. The van der Waals surface area contributed by atoms with Gasteiger partial charge in [-0.3, -0.25) is 19.8 Å². The van der Waals surface area contributed by atoms with Crippen molar-refractivity contribution in [2.24, 2.45) is 0 Å². The summed E-state index contributed by atoms with van der Waals surface area (Å²) in [6.45, 7) is 3.50. The van der Waals surface area contributed by atoms with Crippen molar-refractivity contribution in [3.05, 3.63) is 75.3 Å². The van der Waals surface area contributed by atoms with Crippen LogP contribution >= 0.6 is 0 Å². The van der Waals surface area contributed by atoms with E-state index in [9.17, 15) is 14.9 Å². The van der Waals surface area contributed by atoms with Gasteiger partial charge in [-0.05, 0) is 30.2 Å². The van der Waals surface area contributed by atoms with E-state index < -0.39 is 4.92 Å². The minimum Gasteiger partial charge on any atom is -0.337 e. The molecule has 0 bridgehead atoms. The number of amides is 1. The van der Waals surface area contributed by atoms with Gasteiger partial charge >= 0.3 is 0 Å². The van der Waals surface area contributed by atoms with Gasteiger partial charge in [-0.1, -0.05) is 18.2 Å². The molecular weight excluding hydrogens is 344 g/mol. The standard InChI is InChI=1S/C20H20N4O3/c21-14-16-4-1-5-17(12-16)15-22-8-3-9-23(11-10-22)20(25)18-6-2-7-19(13-18)24(26)27/h1-2,4-7,12-13H,3,8-11,15H2. The first kappa shape index (κ1) is 18.5. The lowest BCUT2D eigenvalue weighted by Gasteiger charge is -2.22. The summed E-state index contributed by atoms with van der Waals surface area (Å²) in [6.07, 6.45) is 0.832. The molecule has 7 nitrogen and oxygen atoms in total. The molecule has 0 saturated carbocycles. The largest absolute Gasteiger partial charge is 0.337 e. The lowest BCUT2D eigenvalue weighted by molar-refractivity contribution is -0.384. The Morgan fingerprint density at radius 2 is 1.93 bits per heavy atom. The second-order valence-corrected chi connectivity index (χ2v) is 6.54. The summed E-state index contributed by atoms with van der Waals surface area (Å²) in [5.41, 5.74) is 1.99. The van der Waals surface area contributed by atoms with Crippen LogP contribution in [0.1, 0.15) is 27.9 Å². The maximum absolute atomic E-state index is 12.7. The maximum atomic E-state index is 12.7. The van der Waals surface area contributed by atoms with Crippen LogP contribution in [-0.2, 0) is 6.54 Å². The molecule has 27 heavy (non-hydrogen) atoms. The van der Waals surface area contributed by atoms with Crippen LogP contribution in [0.15, 0.2) is 48.5 Å². The Morgan fingerprint density at radius 1 is 1.11 bits per heavy atom. The second kappa shape index (κ2) is 8.43. The molecule has 0 unspecified atom stereocenters. The Balaban J connectivity index is 1.64. The van der Waals surface area contributed by atoms with Crippen LogP contribution in [-0.4, -0.2) is 46.8 Å².